The number of nitrogens with zero attached hydrogens (tertiary/aromatic N) is 2. The molecule has 0 radical (unpaired) electrons. The summed E-state index contributed by atoms with van der Waals surface area (Å²) < 4.78 is 2.35. The van der Waals surface area contributed by atoms with Gasteiger partial charge >= 0.3 is 5.69 Å². The first-order valence-electron chi connectivity index (χ1n) is 10.3. The van der Waals surface area contributed by atoms with Crippen LogP contribution < -0.4 is 16.6 Å². The molecular weight excluding hydrogens is 410 g/mol. The number of aromatic nitrogens is 2. The predicted molar refractivity (Wildman–Crippen MR) is 123 cm³/mol. The first-order chi connectivity index (χ1) is 14.9. The Balaban J connectivity index is 1.60. The molecule has 31 heavy (non-hydrogen) atoms. The molecule has 2 heterocycles. The van der Waals surface area contributed by atoms with Gasteiger partial charge in [0.1, 0.15) is 0 Å². The fraction of sp³-hybridized carbons (Fsp3) is 0.292. The van der Waals surface area contributed by atoms with E-state index in [1.165, 1.54) is 53.9 Å². The van der Waals surface area contributed by atoms with E-state index in [0.717, 1.165) is 27.8 Å². The summed E-state index contributed by atoms with van der Waals surface area (Å²) in [5.74, 6) is -0.299. The maximum atomic E-state index is 12.8. The topological polar surface area (TPSA) is 73.1 Å². The summed E-state index contributed by atoms with van der Waals surface area (Å²) >= 11 is 1.60. The Kier molecular flexibility index (Phi) is 6.04. The lowest BCUT2D eigenvalue weighted by Gasteiger charge is -2.21. The van der Waals surface area contributed by atoms with Crippen LogP contribution in [0.4, 0.5) is 0 Å². The van der Waals surface area contributed by atoms with Crippen molar-refractivity contribution < 1.29 is 4.79 Å². The number of fused-ring (bicyclic) bond motifs is 1. The number of carbonyl (C=O) groups is 1. The van der Waals surface area contributed by atoms with Gasteiger partial charge in [-0.2, -0.15) is 0 Å². The zero-order valence-electron chi connectivity index (χ0n) is 17.6. The van der Waals surface area contributed by atoms with Crippen molar-refractivity contribution in [3.8, 4) is 0 Å². The fourth-order valence-corrected chi connectivity index (χ4v) is 4.82. The normalized spacial score (nSPS) is 14.4. The van der Waals surface area contributed by atoms with E-state index in [9.17, 15) is 14.4 Å². The molecule has 6 nitrogen and oxygen atoms in total. The summed E-state index contributed by atoms with van der Waals surface area (Å²) in [6.45, 7) is 0. The van der Waals surface area contributed by atoms with Crippen LogP contribution in [-0.2, 0) is 31.7 Å². The highest BCUT2D eigenvalue weighted by Gasteiger charge is 2.19. The van der Waals surface area contributed by atoms with Gasteiger partial charge in [0.05, 0.1) is 11.6 Å². The van der Waals surface area contributed by atoms with Crippen molar-refractivity contribution in [2.24, 2.45) is 14.1 Å². The number of hydrogen-bond donors (Lipinski definition) is 1. The van der Waals surface area contributed by atoms with Crippen LogP contribution in [0.2, 0.25) is 0 Å². The Morgan fingerprint density at radius 3 is 2.65 bits per heavy atom. The molecule has 2 aromatic heterocycles. The summed E-state index contributed by atoms with van der Waals surface area (Å²) in [5, 5.41) is 5.08. The third kappa shape index (κ3) is 4.46. The first kappa shape index (κ1) is 21.1. The molecule has 0 saturated carbocycles. The second-order valence-electron chi connectivity index (χ2n) is 7.87. The number of benzene rings is 1. The van der Waals surface area contributed by atoms with E-state index < -0.39 is 11.2 Å². The maximum Gasteiger partial charge on any atom is 0.330 e. The molecule has 1 aromatic carbocycles. The molecule has 1 aliphatic rings. The smallest absolute Gasteiger partial charge is 0.330 e. The Hall–Kier alpha value is -3.19. The molecule has 4 rings (SSSR count). The van der Waals surface area contributed by atoms with E-state index in [1.807, 2.05) is 17.5 Å². The first-order valence-corrected chi connectivity index (χ1v) is 11.2. The summed E-state index contributed by atoms with van der Waals surface area (Å²) in [7, 11) is 2.99. The molecule has 3 aromatic rings. The lowest BCUT2D eigenvalue weighted by atomic mass is 9.89. The van der Waals surface area contributed by atoms with Crippen molar-refractivity contribution in [2.45, 2.75) is 31.7 Å². The van der Waals surface area contributed by atoms with Crippen LogP contribution in [0.5, 0.6) is 0 Å². The largest absolute Gasteiger partial charge is 0.341 e. The molecule has 0 aliphatic heterocycles. The zero-order valence-corrected chi connectivity index (χ0v) is 18.4. The van der Waals surface area contributed by atoms with Gasteiger partial charge in [0.15, 0.2) is 0 Å². The minimum atomic E-state index is -0.434. The molecule has 1 amide bonds. The van der Waals surface area contributed by atoms with E-state index in [1.54, 1.807) is 18.4 Å². The molecule has 1 N–H and O–H groups in total. The van der Waals surface area contributed by atoms with Crippen molar-refractivity contribution in [3.05, 3.63) is 96.0 Å². The minimum Gasteiger partial charge on any atom is -0.341 e. The molecule has 1 atom stereocenters. The zero-order chi connectivity index (χ0) is 22.0. The summed E-state index contributed by atoms with van der Waals surface area (Å²) in [4.78, 5) is 37.9. The van der Waals surface area contributed by atoms with Gasteiger partial charge in [-0.25, -0.2) is 4.79 Å². The summed E-state index contributed by atoms with van der Waals surface area (Å²) in [6.07, 6.45) is 8.86. The summed E-state index contributed by atoms with van der Waals surface area (Å²) in [6, 6.07) is 10.2. The van der Waals surface area contributed by atoms with Crippen LogP contribution in [0.15, 0.2) is 57.6 Å². The Bertz CT molecular complexity index is 1250. The number of thiophene rings is 1. The highest BCUT2D eigenvalue weighted by molar-refractivity contribution is 7.10. The van der Waals surface area contributed by atoms with Crippen molar-refractivity contribution in [3.63, 3.8) is 0 Å². The second-order valence-corrected chi connectivity index (χ2v) is 8.85. The SMILES string of the molecule is Cn1cc(C=CC(=O)NC(c2ccc3c(c2)CCCC3)c2cccs2)c(=O)n(C)c1=O. The molecule has 0 spiro atoms. The van der Waals surface area contributed by atoms with Crippen molar-refractivity contribution in [2.75, 3.05) is 0 Å². The lowest BCUT2D eigenvalue weighted by molar-refractivity contribution is -0.116. The monoisotopic (exact) mass is 435 g/mol. The van der Waals surface area contributed by atoms with Gasteiger partial charge in [-0.3, -0.25) is 14.2 Å². The third-order valence-corrected chi connectivity index (χ3v) is 6.64. The van der Waals surface area contributed by atoms with Gasteiger partial charge in [-0.15, -0.1) is 11.3 Å². The maximum absolute atomic E-state index is 12.8. The molecular formula is C24H25N3O3S. The number of hydrogen-bond acceptors (Lipinski definition) is 4. The van der Waals surface area contributed by atoms with E-state index in [-0.39, 0.29) is 17.5 Å². The molecule has 1 unspecified atom stereocenters. The van der Waals surface area contributed by atoms with Gasteiger partial charge in [0, 0.05) is 31.2 Å². The minimum absolute atomic E-state index is 0.257. The highest BCUT2D eigenvalue weighted by Crippen LogP contribution is 2.30. The van der Waals surface area contributed by atoms with E-state index >= 15 is 0 Å². The van der Waals surface area contributed by atoms with Gasteiger partial charge < -0.3 is 9.88 Å². The highest BCUT2D eigenvalue weighted by atomic mass is 32.1. The third-order valence-electron chi connectivity index (χ3n) is 5.71. The number of carbonyl (C=O) groups excluding carboxylic acids is 1. The quantitative estimate of drug-likeness (QED) is 0.627. The molecule has 0 bridgehead atoms. The van der Waals surface area contributed by atoms with Crippen LogP contribution in [0, 0.1) is 0 Å². The van der Waals surface area contributed by atoms with Crippen LogP contribution in [0.1, 0.15) is 46.0 Å². The molecule has 0 fully saturated rings. The average Bonchev–Trinajstić information content (AvgIpc) is 3.32. The summed E-state index contributed by atoms with van der Waals surface area (Å²) in [5.41, 5.74) is 3.26. The Morgan fingerprint density at radius 2 is 1.90 bits per heavy atom. The Morgan fingerprint density at radius 1 is 1.13 bits per heavy atom. The van der Waals surface area contributed by atoms with Crippen LogP contribution in [-0.4, -0.2) is 15.0 Å². The molecule has 7 heteroatoms. The fourth-order valence-electron chi connectivity index (χ4n) is 4.01. The van der Waals surface area contributed by atoms with Gasteiger partial charge in [0.2, 0.25) is 5.91 Å². The second kappa shape index (κ2) is 8.89. The van der Waals surface area contributed by atoms with Gasteiger partial charge in [0.25, 0.3) is 5.56 Å². The molecule has 1 aliphatic carbocycles. The lowest BCUT2D eigenvalue weighted by Crippen LogP contribution is -2.37. The molecule has 0 saturated heterocycles. The number of rotatable bonds is 5. The van der Waals surface area contributed by atoms with E-state index in [0.29, 0.717) is 0 Å². The van der Waals surface area contributed by atoms with Gasteiger partial charge in [-0.05, 0) is 59.9 Å². The number of nitrogens with one attached hydrogen (secondary N) is 1. The van der Waals surface area contributed by atoms with Crippen LogP contribution >= 0.6 is 11.3 Å². The van der Waals surface area contributed by atoms with E-state index in [2.05, 4.69) is 23.5 Å². The predicted octanol–water partition coefficient (Wildman–Crippen LogP) is 2.94. The van der Waals surface area contributed by atoms with Crippen LogP contribution in [0.3, 0.4) is 0 Å². The Labute approximate surface area is 184 Å². The van der Waals surface area contributed by atoms with Crippen LogP contribution in [0.25, 0.3) is 6.08 Å². The number of aryl methyl sites for hydroxylation is 3. The van der Waals surface area contributed by atoms with Crippen molar-refractivity contribution in [1.82, 2.24) is 14.5 Å². The van der Waals surface area contributed by atoms with E-state index in [4.69, 9.17) is 0 Å². The average molecular weight is 436 g/mol. The van der Waals surface area contributed by atoms with Gasteiger partial charge in [-0.1, -0.05) is 24.3 Å². The standard InChI is InChI=1S/C24H25N3O3S/c1-26-15-19(23(29)27(2)24(26)30)11-12-21(28)25-22(20-8-5-13-31-20)18-10-9-16-6-3-4-7-17(16)14-18/h5,8-15,22H,3-4,6-7H2,1-2H3,(H,25,28). The van der Waals surface area contributed by atoms with Crippen molar-refractivity contribution in [1.29, 1.82) is 0 Å². The number of amides is 1. The van der Waals surface area contributed by atoms with Crippen molar-refractivity contribution >= 4 is 23.3 Å². The molecule has 160 valence electrons.